The number of hydrogen-bond donors (Lipinski definition) is 0. The highest BCUT2D eigenvalue weighted by molar-refractivity contribution is 4.85. The van der Waals surface area contributed by atoms with Crippen LogP contribution >= 0.6 is 0 Å². The molecule has 1 saturated carbocycles. The molecule has 0 heterocycles. The topological polar surface area (TPSA) is 48.8 Å². The van der Waals surface area contributed by atoms with Gasteiger partial charge >= 0.3 is 0 Å². The maximum Gasteiger partial charge on any atom is 0.251 e. The molecule has 1 atom stereocenters. The summed E-state index contributed by atoms with van der Waals surface area (Å²) in [6.45, 7) is -0.0660. The van der Waals surface area contributed by atoms with Gasteiger partial charge in [0.25, 0.3) is 5.92 Å². The number of nitrogens with zero attached hydrogens (tertiary/aromatic N) is 3. The average molecular weight is 161 g/mol. The molecule has 1 aliphatic rings. The zero-order valence-electron chi connectivity index (χ0n) is 6.00. The first-order valence-corrected chi connectivity index (χ1v) is 3.55. The molecule has 1 rings (SSSR count). The van der Waals surface area contributed by atoms with Gasteiger partial charge in [-0.25, -0.2) is 8.78 Å². The van der Waals surface area contributed by atoms with E-state index in [0.29, 0.717) is 12.8 Å². The molecule has 0 N–H and O–H groups in total. The Morgan fingerprint density at radius 3 is 2.82 bits per heavy atom. The fraction of sp³-hybridized carbons (Fsp3) is 1.00. The Morgan fingerprint density at radius 2 is 2.36 bits per heavy atom. The molecule has 0 unspecified atom stereocenters. The summed E-state index contributed by atoms with van der Waals surface area (Å²) in [4.78, 5) is 2.46. The Hall–Kier alpha value is -0.830. The Bertz CT molecular complexity index is 186. The Labute approximate surface area is 63.0 Å². The van der Waals surface area contributed by atoms with Gasteiger partial charge in [0.1, 0.15) is 0 Å². The second-order valence-corrected chi connectivity index (χ2v) is 2.76. The van der Waals surface area contributed by atoms with Crippen LogP contribution in [0.25, 0.3) is 10.4 Å². The van der Waals surface area contributed by atoms with Crippen LogP contribution in [0.5, 0.6) is 0 Å². The molecule has 1 aliphatic carbocycles. The van der Waals surface area contributed by atoms with Gasteiger partial charge in [-0.05, 0) is 18.4 Å². The third kappa shape index (κ3) is 1.80. The summed E-state index contributed by atoms with van der Waals surface area (Å²) in [5.74, 6) is -3.33. The molecule has 3 nitrogen and oxygen atoms in total. The quantitative estimate of drug-likeness (QED) is 0.339. The second-order valence-electron chi connectivity index (χ2n) is 2.76. The molecule has 0 aromatic carbocycles. The predicted molar refractivity (Wildman–Crippen MR) is 36.3 cm³/mol. The standard InChI is InChI=1S/C6H9F2N3/c7-6(8)3-1-2-5(6)4-10-11-9/h5H,1-4H2/t5-/m0/s1. The van der Waals surface area contributed by atoms with Crippen molar-refractivity contribution < 1.29 is 8.78 Å². The van der Waals surface area contributed by atoms with E-state index in [1.807, 2.05) is 0 Å². The van der Waals surface area contributed by atoms with Gasteiger partial charge in [0.15, 0.2) is 0 Å². The molecule has 0 bridgehead atoms. The summed E-state index contributed by atoms with van der Waals surface area (Å²) in [7, 11) is 0. The molecule has 0 spiro atoms. The van der Waals surface area contributed by atoms with E-state index >= 15 is 0 Å². The summed E-state index contributed by atoms with van der Waals surface area (Å²) in [6, 6.07) is 0. The Morgan fingerprint density at radius 1 is 1.64 bits per heavy atom. The number of alkyl halides is 2. The van der Waals surface area contributed by atoms with Crippen LogP contribution in [0, 0.1) is 5.92 Å². The molecule has 0 saturated heterocycles. The van der Waals surface area contributed by atoms with Crippen molar-refractivity contribution in [3.8, 4) is 0 Å². The first kappa shape index (κ1) is 8.27. The second kappa shape index (κ2) is 3.05. The molecular formula is C6H9F2N3. The number of azide groups is 1. The molecule has 11 heavy (non-hydrogen) atoms. The van der Waals surface area contributed by atoms with Crippen LogP contribution in [0.1, 0.15) is 19.3 Å². The highest BCUT2D eigenvalue weighted by Crippen LogP contribution is 2.40. The Balaban J connectivity index is 2.50. The van der Waals surface area contributed by atoms with Crippen LogP contribution in [0.15, 0.2) is 5.11 Å². The predicted octanol–water partition coefficient (Wildman–Crippen LogP) is 2.73. The molecule has 62 valence electrons. The monoisotopic (exact) mass is 161 g/mol. The summed E-state index contributed by atoms with van der Waals surface area (Å²) in [5, 5.41) is 3.15. The van der Waals surface area contributed by atoms with Crippen molar-refractivity contribution in [2.45, 2.75) is 25.2 Å². The lowest BCUT2D eigenvalue weighted by atomic mass is 10.1. The minimum atomic E-state index is -2.60. The van der Waals surface area contributed by atoms with Gasteiger partial charge in [-0.2, -0.15) is 0 Å². The van der Waals surface area contributed by atoms with Gasteiger partial charge in [0, 0.05) is 23.8 Å². The molecule has 0 amide bonds. The van der Waals surface area contributed by atoms with Gasteiger partial charge < -0.3 is 0 Å². The minimum Gasteiger partial charge on any atom is -0.207 e. The number of halogens is 2. The van der Waals surface area contributed by atoms with Crippen LogP contribution in [-0.2, 0) is 0 Å². The molecule has 0 aliphatic heterocycles. The van der Waals surface area contributed by atoms with Crippen molar-refractivity contribution in [3.05, 3.63) is 10.4 Å². The lowest BCUT2D eigenvalue weighted by Crippen LogP contribution is -2.23. The van der Waals surface area contributed by atoms with Crippen molar-refractivity contribution in [1.82, 2.24) is 0 Å². The van der Waals surface area contributed by atoms with Crippen molar-refractivity contribution in [3.63, 3.8) is 0 Å². The zero-order valence-corrected chi connectivity index (χ0v) is 6.00. The lowest BCUT2D eigenvalue weighted by Gasteiger charge is -2.15. The number of hydrogen-bond acceptors (Lipinski definition) is 1. The highest BCUT2D eigenvalue weighted by atomic mass is 19.3. The SMILES string of the molecule is [N-]=[N+]=NC[C@@H]1CCCC1(F)F. The first-order chi connectivity index (χ1) is 5.17. The van der Waals surface area contributed by atoms with Crippen LogP contribution < -0.4 is 0 Å². The molecule has 1 fully saturated rings. The summed E-state index contributed by atoms with van der Waals surface area (Å²) < 4.78 is 25.5. The van der Waals surface area contributed by atoms with E-state index in [1.54, 1.807) is 0 Å². The smallest absolute Gasteiger partial charge is 0.207 e. The maximum atomic E-state index is 12.7. The molecule has 0 aromatic rings. The molecule has 5 heteroatoms. The van der Waals surface area contributed by atoms with Crippen molar-refractivity contribution >= 4 is 0 Å². The Kier molecular flexibility index (Phi) is 2.29. The summed E-state index contributed by atoms with van der Waals surface area (Å²) in [5.41, 5.74) is 7.91. The van der Waals surface area contributed by atoms with Gasteiger partial charge in [0.2, 0.25) is 0 Å². The van der Waals surface area contributed by atoms with E-state index in [0.717, 1.165) is 0 Å². The molecule has 0 radical (unpaired) electrons. The van der Waals surface area contributed by atoms with Gasteiger partial charge in [-0.15, -0.1) is 0 Å². The normalized spacial score (nSPS) is 28.0. The third-order valence-electron chi connectivity index (χ3n) is 2.03. The van der Waals surface area contributed by atoms with Crippen LogP contribution in [0.2, 0.25) is 0 Å². The summed E-state index contributed by atoms with van der Waals surface area (Å²) in [6.07, 6.45) is 0.962. The van der Waals surface area contributed by atoms with Gasteiger partial charge in [-0.3, -0.25) is 0 Å². The van der Waals surface area contributed by atoms with Gasteiger partial charge in [0.05, 0.1) is 0 Å². The minimum absolute atomic E-state index is 0.0569. The maximum absolute atomic E-state index is 12.7. The first-order valence-electron chi connectivity index (χ1n) is 3.55. The highest BCUT2D eigenvalue weighted by Gasteiger charge is 2.42. The zero-order chi connectivity index (χ0) is 8.32. The third-order valence-corrected chi connectivity index (χ3v) is 2.03. The van der Waals surface area contributed by atoms with Gasteiger partial charge in [-0.1, -0.05) is 5.11 Å². The van der Waals surface area contributed by atoms with E-state index in [9.17, 15) is 8.78 Å². The van der Waals surface area contributed by atoms with E-state index in [-0.39, 0.29) is 13.0 Å². The average Bonchev–Trinajstić information content (AvgIpc) is 2.25. The molecule has 0 aromatic heterocycles. The molecular weight excluding hydrogens is 152 g/mol. The van der Waals surface area contributed by atoms with Crippen LogP contribution in [0.4, 0.5) is 8.78 Å². The van der Waals surface area contributed by atoms with Crippen LogP contribution in [0.3, 0.4) is 0 Å². The van der Waals surface area contributed by atoms with E-state index < -0.39 is 11.8 Å². The summed E-state index contributed by atoms with van der Waals surface area (Å²) >= 11 is 0. The van der Waals surface area contributed by atoms with Crippen LogP contribution in [-0.4, -0.2) is 12.5 Å². The lowest BCUT2D eigenvalue weighted by molar-refractivity contribution is -0.0331. The largest absolute Gasteiger partial charge is 0.251 e. The van der Waals surface area contributed by atoms with Crippen molar-refractivity contribution in [2.75, 3.05) is 6.54 Å². The fourth-order valence-electron chi connectivity index (χ4n) is 1.36. The van der Waals surface area contributed by atoms with E-state index in [2.05, 4.69) is 10.0 Å². The van der Waals surface area contributed by atoms with Crippen molar-refractivity contribution in [1.29, 1.82) is 0 Å². The van der Waals surface area contributed by atoms with E-state index in [1.165, 1.54) is 0 Å². The van der Waals surface area contributed by atoms with E-state index in [4.69, 9.17) is 5.53 Å². The fourth-order valence-corrected chi connectivity index (χ4v) is 1.36. The number of rotatable bonds is 2. The van der Waals surface area contributed by atoms with Crippen molar-refractivity contribution in [2.24, 2.45) is 11.0 Å².